The van der Waals surface area contributed by atoms with Crippen molar-refractivity contribution in [2.75, 3.05) is 11.9 Å². The van der Waals surface area contributed by atoms with Gasteiger partial charge < -0.3 is 10.1 Å². The fourth-order valence-electron chi connectivity index (χ4n) is 2.40. The van der Waals surface area contributed by atoms with E-state index in [1.54, 1.807) is 6.92 Å². The molecule has 1 aliphatic rings. The van der Waals surface area contributed by atoms with Gasteiger partial charge in [0.05, 0.1) is 12.2 Å². The van der Waals surface area contributed by atoms with Gasteiger partial charge in [0, 0.05) is 10.8 Å². The molecule has 0 aliphatic heterocycles. The van der Waals surface area contributed by atoms with Crippen LogP contribution < -0.4 is 5.32 Å². The maximum atomic E-state index is 12.1. The van der Waals surface area contributed by atoms with Crippen LogP contribution in [-0.4, -0.2) is 18.5 Å². The van der Waals surface area contributed by atoms with E-state index in [2.05, 4.69) is 12.2 Å². The predicted octanol–water partition coefficient (Wildman–Crippen LogP) is 3.39. The molecule has 0 radical (unpaired) electrons. The van der Waals surface area contributed by atoms with Crippen molar-refractivity contribution in [2.45, 2.75) is 40.5 Å². The van der Waals surface area contributed by atoms with E-state index in [1.807, 2.05) is 13.8 Å². The molecular weight excluding hydrogens is 274 g/mol. The van der Waals surface area contributed by atoms with Gasteiger partial charge in [0.15, 0.2) is 0 Å². The average molecular weight is 295 g/mol. The highest BCUT2D eigenvalue weighted by Crippen LogP contribution is 2.40. The van der Waals surface area contributed by atoms with Crippen molar-refractivity contribution in [3.8, 4) is 0 Å². The first-order valence-electron chi connectivity index (χ1n) is 7.09. The number of aryl methyl sites for hydroxylation is 1. The van der Waals surface area contributed by atoms with E-state index in [0.717, 1.165) is 23.3 Å². The third-order valence-corrected chi connectivity index (χ3v) is 4.79. The monoisotopic (exact) mass is 295 g/mol. The van der Waals surface area contributed by atoms with Gasteiger partial charge in [-0.25, -0.2) is 4.79 Å². The van der Waals surface area contributed by atoms with E-state index in [9.17, 15) is 9.59 Å². The molecule has 4 nitrogen and oxygen atoms in total. The Balaban J connectivity index is 2.27. The molecule has 1 amide bonds. The smallest absolute Gasteiger partial charge is 0.341 e. The zero-order chi connectivity index (χ0) is 14.9. The van der Waals surface area contributed by atoms with Gasteiger partial charge >= 0.3 is 5.97 Å². The Morgan fingerprint density at radius 3 is 2.55 bits per heavy atom. The number of carbonyl (C=O) groups excluding carboxylic acids is 2. The van der Waals surface area contributed by atoms with E-state index in [1.165, 1.54) is 11.3 Å². The summed E-state index contributed by atoms with van der Waals surface area (Å²) in [5, 5.41) is 3.56. The van der Waals surface area contributed by atoms with Crippen LogP contribution >= 0.6 is 11.3 Å². The van der Waals surface area contributed by atoms with Gasteiger partial charge in [-0.1, -0.05) is 13.8 Å². The Hall–Kier alpha value is -1.36. The molecule has 2 unspecified atom stereocenters. The molecule has 0 saturated heterocycles. The average Bonchev–Trinajstić information content (AvgIpc) is 3.03. The Morgan fingerprint density at radius 1 is 1.40 bits per heavy atom. The molecule has 1 saturated carbocycles. The summed E-state index contributed by atoms with van der Waals surface area (Å²) in [5.41, 5.74) is 1.52. The fraction of sp³-hybridized carbons (Fsp3) is 0.600. The number of thiophene rings is 1. The highest BCUT2D eigenvalue weighted by Gasteiger charge is 2.39. The van der Waals surface area contributed by atoms with Gasteiger partial charge in [-0.15, -0.1) is 11.3 Å². The summed E-state index contributed by atoms with van der Waals surface area (Å²) >= 11 is 1.46. The lowest BCUT2D eigenvalue weighted by Crippen LogP contribution is -2.17. The lowest BCUT2D eigenvalue weighted by molar-refractivity contribution is -0.117. The molecule has 1 N–H and O–H groups in total. The van der Waals surface area contributed by atoms with Gasteiger partial charge in [0.25, 0.3) is 0 Å². The molecule has 20 heavy (non-hydrogen) atoms. The van der Waals surface area contributed by atoms with Gasteiger partial charge in [0.2, 0.25) is 5.91 Å². The van der Waals surface area contributed by atoms with E-state index in [0.29, 0.717) is 23.1 Å². The number of nitrogens with one attached hydrogen (secondary N) is 1. The summed E-state index contributed by atoms with van der Waals surface area (Å²) < 4.78 is 5.12. The summed E-state index contributed by atoms with van der Waals surface area (Å²) in [6.07, 6.45) is 1.69. The Kier molecular flexibility index (Phi) is 4.48. The number of hydrogen-bond donors (Lipinski definition) is 1. The van der Waals surface area contributed by atoms with Crippen LogP contribution in [0.4, 0.5) is 5.00 Å². The minimum Gasteiger partial charge on any atom is -0.462 e. The Bertz CT molecular complexity index is 535. The quantitative estimate of drug-likeness (QED) is 0.847. The SMILES string of the molecule is CCOC(=O)c1c(NC(=O)C2CC2C)sc(C)c1CC. The van der Waals surface area contributed by atoms with Gasteiger partial charge in [-0.3, -0.25) is 4.79 Å². The van der Waals surface area contributed by atoms with Crippen molar-refractivity contribution in [1.29, 1.82) is 0 Å². The van der Waals surface area contributed by atoms with Crippen LogP contribution in [0.2, 0.25) is 0 Å². The van der Waals surface area contributed by atoms with Crippen LogP contribution in [-0.2, 0) is 16.0 Å². The van der Waals surface area contributed by atoms with Crippen molar-refractivity contribution < 1.29 is 14.3 Å². The number of hydrogen-bond acceptors (Lipinski definition) is 4. The van der Waals surface area contributed by atoms with Crippen LogP contribution in [0, 0.1) is 18.8 Å². The molecule has 1 heterocycles. The number of anilines is 1. The molecular formula is C15H21NO3S. The fourth-order valence-corrected chi connectivity index (χ4v) is 3.54. The van der Waals surface area contributed by atoms with Crippen LogP contribution in [0.15, 0.2) is 0 Å². The molecule has 0 aromatic carbocycles. The van der Waals surface area contributed by atoms with Crippen LogP contribution in [0.3, 0.4) is 0 Å². The topological polar surface area (TPSA) is 55.4 Å². The van der Waals surface area contributed by atoms with E-state index >= 15 is 0 Å². The molecule has 1 aromatic rings. The number of esters is 1. The second kappa shape index (κ2) is 5.95. The third-order valence-electron chi connectivity index (χ3n) is 3.73. The summed E-state index contributed by atoms with van der Waals surface area (Å²) in [5.74, 6) is 0.227. The summed E-state index contributed by atoms with van der Waals surface area (Å²) in [4.78, 5) is 25.3. The molecule has 1 fully saturated rings. The molecule has 1 aromatic heterocycles. The second-order valence-corrected chi connectivity index (χ2v) is 6.45. The lowest BCUT2D eigenvalue weighted by Gasteiger charge is -2.07. The van der Waals surface area contributed by atoms with Crippen LogP contribution in [0.5, 0.6) is 0 Å². The van der Waals surface area contributed by atoms with Crippen LogP contribution in [0.25, 0.3) is 0 Å². The zero-order valence-electron chi connectivity index (χ0n) is 12.4. The summed E-state index contributed by atoms with van der Waals surface area (Å²) in [6, 6.07) is 0. The maximum Gasteiger partial charge on any atom is 0.341 e. The normalized spacial score (nSPS) is 20.6. The second-order valence-electron chi connectivity index (χ2n) is 5.22. The number of amides is 1. The number of rotatable bonds is 5. The third kappa shape index (κ3) is 2.87. The van der Waals surface area contributed by atoms with Gasteiger partial charge in [0.1, 0.15) is 5.00 Å². The summed E-state index contributed by atoms with van der Waals surface area (Å²) in [6.45, 7) is 8.17. The number of ether oxygens (including phenoxy) is 1. The lowest BCUT2D eigenvalue weighted by atomic mass is 10.1. The van der Waals surface area contributed by atoms with E-state index < -0.39 is 0 Å². The Labute approximate surface area is 123 Å². The maximum absolute atomic E-state index is 12.1. The molecule has 1 aliphatic carbocycles. The first kappa shape index (κ1) is 15.0. The summed E-state index contributed by atoms with van der Waals surface area (Å²) in [7, 11) is 0. The number of carbonyl (C=O) groups is 2. The highest BCUT2D eigenvalue weighted by atomic mass is 32.1. The van der Waals surface area contributed by atoms with Gasteiger partial charge in [-0.05, 0) is 38.2 Å². The standard InChI is InChI=1S/C15H21NO3S/c1-5-10-9(4)20-14(12(10)15(18)19-6-2)16-13(17)11-7-8(11)3/h8,11H,5-7H2,1-4H3,(H,16,17). The molecule has 2 atom stereocenters. The molecule has 5 heteroatoms. The van der Waals surface area contributed by atoms with E-state index in [-0.39, 0.29) is 17.8 Å². The predicted molar refractivity (Wildman–Crippen MR) is 80.3 cm³/mol. The van der Waals surface area contributed by atoms with Gasteiger partial charge in [-0.2, -0.15) is 0 Å². The molecule has 0 spiro atoms. The largest absolute Gasteiger partial charge is 0.462 e. The minimum absolute atomic E-state index is 0.0203. The van der Waals surface area contributed by atoms with Crippen molar-refractivity contribution in [3.63, 3.8) is 0 Å². The van der Waals surface area contributed by atoms with Crippen molar-refractivity contribution >= 4 is 28.2 Å². The first-order valence-corrected chi connectivity index (χ1v) is 7.91. The highest BCUT2D eigenvalue weighted by molar-refractivity contribution is 7.16. The molecule has 2 rings (SSSR count). The van der Waals surface area contributed by atoms with Crippen molar-refractivity contribution in [3.05, 3.63) is 16.0 Å². The first-order chi connectivity index (χ1) is 9.49. The van der Waals surface area contributed by atoms with Crippen LogP contribution in [0.1, 0.15) is 48.0 Å². The molecule has 0 bridgehead atoms. The van der Waals surface area contributed by atoms with Crippen molar-refractivity contribution in [1.82, 2.24) is 0 Å². The van der Waals surface area contributed by atoms with Crippen molar-refractivity contribution in [2.24, 2.45) is 11.8 Å². The Morgan fingerprint density at radius 2 is 2.05 bits per heavy atom. The van der Waals surface area contributed by atoms with E-state index in [4.69, 9.17) is 4.74 Å². The molecule has 110 valence electrons. The minimum atomic E-state index is -0.340. The zero-order valence-corrected chi connectivity index (χ0v) is 13.2.